The third-order valence-electron chi connectivity index (χ3n) is 4.15. The molecule has 2 heterocycles. The molecule has 21 heavy (non-hydrogen) atoms. The van der Waals surface area contributed by atoms with Crippen molar-refractivity contribution in [3.8, 4) is 0 Å². The molecular weight excluding hydrogens is 270 g/mol. The van der Waals surface area contributed by atoms with E-state index in [1.807, 2.05) is 7.05 Å². The van der Waals surface area contributed by atoms with Crippen LogP contribution in [0.25, 0.3) is 0 Å². The number of amides is 3. The number of rotatable bonds is 4. The molecule has 1 aromatic rings. The fourth-order valence-corrected chi connectivity index (χ4v) is 3.08. The number of nitrogens with zero attached hydrogens (tertiary/aromatic N) is 3. The fraction of sp³-hybridized carbons (Fsp3) is 0.643. The summed E-state index contributed by atoms with van der Waals surface area (Å²) in [7, 11) is 1.82. The molecule has 1 aliphatic heterocycles. The Morgan fingerprint density at radius 2 is 2.19 bits per heavy atom. The highest BCUT2D eigenvalue weighted by Gasteiger charge is 2.24. The second kappa shape index (κ2) is 5.75. The van der Waals surface area contributed by atoms with E-state index in [9.17, 15) is 9.59 Å². The highest BCUT2D eigenvalue weighted by molar-refractivity contribution is 5.94. The lowest BCUT2D eigenvalue weighted by atomic mass is 9.95. The van der Waals surface area contributed by atoms with E-state index in [0.717, 1.165) is 36.9 Å². The van der Waals surface area contributed by atoms with Gasteiger partial charge in [0.15, 0.2) is 0 Å². The normalized spacial score (nSPS) is 17.6. The third-order valence-corrected chi connectivity index (χ3v) is 4.15. The Kier molecular flexibility index (Phi) is 3.81. The van der Waals surface area contributed by atoms with Crippen molar-refractivity contribution in [3.63, 3.8) is 0 Å². The van der Waals surface area contributed by atoms with E-state index in [-0.39, 0.29) is 11.9 Å². The summed E-state index contributed by atoms with van der Waals surface area (Å²) in [6, 6.07) is -0.0536. The van der Waals surface area contributed by atoms with Gasteiger partial charge in [0.05, 0.1) is 5.69 Å². The number of nitrogens with one attached hydrogen (secondary N) is 2. The van der Waals surface area contributed by atoms with E-state index in [1.54, 1.807) is 9.58 Å². The van der Waals surface area contributed by atoms with Crippen LogP contribution in [0, 0.1) is 0 Å². The smallest absolute Gasteiger partial charge is 0.317 e. The minimum atomic E-state index is -0.0900. The molecule has 0 aromatic carbocycles. The Bertz CT molecular complexity index is 566. The maximum Gasteiger partial charge on any atom is 0.317 e. The van der Waals surface area contributed by atoms with Crippen LogP contribution in [0.3, 0.4) is 0 Å². The summed E-state index contributed by atoms with van der Waals surface area (Å²) in [6.45, 7) is 2.39. The standard InChI is InChI=1S/C14H21N5O2/c1-18-12(10-4-2-3-5-11(10)17-18)13(20)15-6-8-19-9-7-16-14(19)21/h2-9H2,1H3,(H,15,20)(H,16,21). The molecule has 1 saturated heterocycles. The van der Waals surface area contributed by atoms with E-state index in [4.69, 9.17) is 0 Å². The summed E-state index contributed by atoms with van der Waals surface area (Å²) in [4.78, 5) is 25.5. The summed E-state index contributed by atoms with van der Waals surface area (Å²) >= 11 is 0. The highest BCUT2D eigenvalue weighted by Crippen LogP contribution is 2.23. The Hall–Kier alpha value is -2.05. The van der Waals surface area contributed by atoms with Gasteiger partial charge >= 0.3 is 6.03 Å². The summed E-state index contributed by atoms with van der Waals surface area (Å²) < 4.78 is 1.69. The zero-order valence-electron chi connectivity index (χ0n) is 12.3. The number of aromatic nitrogens is 2. The predicted octanol–water partition coefficient (Wildman–Crippen LogP) is 0.0539. The van der Waals surface area contributed by atoms with Gasteiger partial charge in [0.1, 0.15) is 5.69 Å². The van der Waals surface area contributed by atoms with Gasteiger partial charge in [-0.15, -0.1) is 0 Å². The average molecular weight is 291 g/mol. The molecule has 3 rings (SSSR count). The first-order valence-corrected chi connectivity index (χ1v) is 7.52. The monoisotopic (exact) mass is 291 g/mol. The number of aryl methyl sites for hydroxylation is 2. The van der Waals surface area contributed by atoms with Crippen LogP contribution in [0.1, 0.15) is 34.6 Å². The number of hydrogen-bond acceptors (Lipinski definition) is 3. The van der Waals surface area contributed by atoms with E-state index in [0.29, 0.717) is 31.9 Å². The molecule has 1 aromatic heterocycles. The van der Waals surface area contributed by atoms with Gasteiger partial charge < -0.3 is 15.5 Å². The topological polar surface area (TPSA) is 79.3 Å². The maximum absolute atomic E-state index is 12.4. The van der Waals surface area contributed by atoms with Crippen molar-refractivity contribution in [3.05, 3.63) is 17.0 Å². The summed E-state index contributed by atoms with van der Waals surface area (Å²) in [5, 5.41) is 10.1. The molecule has 7 heteroatoms. The van der Waals surface area contributed by atoms with Crippen LogP contribution in [-0.4, -0.2) is 52.8 Å². The Morgan fingerprint density at radius 3 is 2.95 bits per heavy atom. The first-order valence-electron chi connectivity index (χ1n) is 7.52. The van der Waals surface area contributed by atoms with Crippen LogP contribution < -0.4 is 10.6 Å². The van der Waals surface area contributed by atoms with Crippen molar-refractivity contribution in [2.24, 2.45) is 7.05 Å². The van der Waals surface area contributed by atoms with Gasteiger partial charge in [-0.2, -0.15) is 5.10 Å². The molecular formula is C14H21N5O2. The molecule has 3 amide bonds. The molecule has 2 aliphatic rings. The van der Waals surface area contributed by atoms with Gasteiger partial charge in [-0.3, -0.25) is 9.48 Å². The Morgan fingerprint density at radius 1 is 1.38 bits per heavy atom. The summed E-state index contributed by atoms with van der Waals surface area (Å²) in [5.74, 6) is -0.0900. The molecule has 0 saturated carbocycles. The second-order valence-electron chi connectivity index (χ2n) is 5.58. The van der Waals surface area contributed by atoms with Crippen LogP contribution in [0.5, 0.6) is 0 Å². The van der Waals surface area contributed by atoms with Crippen molar-refractivity contribution in [1.82, 2.24) is 25.3 Å². The molecule has 7 nitrogen and oxygen atoms in total. The maximum atomic E-state index is 12.4. The molecule has 0 bridgehead atoms. The molecule has 0 spiro atoms. The van der Waals surface area contributed by atoms with Crippen LogP contribution in [-0.2, 0) is 19.9 Å². The minimum absolute atomic E-state index is 0.0536. The molecule has 0 radical (unpaired) electrons. The first kappa shape index (κ1) is 13.9. The zero-order valence-corrected chi connectivity index (χ0v) is 12.3. The van der Waals surface area contributed by atoms with Gasteiger partial charge in [0.2, 0.25) is 0 Å². The van der Waals surface area contributed by atoms with Gasteiger partial charge in [-0.1, -0.05) is 0 Å². The van der Waals surface area contributed by atoms with Gasteiger partial charge in [-0.05, 0) is 25.7 Å². The van der Waals surface area contributed by atoms with Crippen molar-refractivity contribution in [1.29, 1.82) is 0 Å². The lowest BCUT2D eigenvalue weighted by molar-refractivity contribution is 0.0939. The van der Waals surface area contributed by atoms with Crippen LogP contribution in [0.15, 0.2) is 0 Å². The minimum Gasteiger partial charge on any atom is -0.349 e. The van der Waals surface area contributed by atoms with Crippen molar-refractivity contribution < 1.29 is 9.59 Å². The fourth-order valence-electron chi connectivity index (χ4n) is 3.08. The van der Waals surface area contributed by atoms with Gasteiger partial charge in [0, 0.05) is 38.8 Å². The largest absolute Gasteiger partial charge is 0.349 e. The van der Waals surface area contributed by atoms with Crippen molar-refractivity contribution in [2.75, 3.05) is 26.2 Å². The Balaban J connectivity index is 1.60. The van der Waals surface area contributed by atoms with Gasteiger partial charge in [-0.25, -0.2) is 4.79 Å². The Labute approximate surface area is 123 Å². The average Bonchev–Trinajstić information content (AvgIpc) is 3.01. The first-order chi connectivity index (χ1) is 10.2. The summed E-state index contributed by atoms with van der Waals surface area (Å²) in [5.41, 5.74) is 2.84. The van der Waals surface area contributed by atoms with Crippen LogP contribution in [0.2, 0.25) is 0 Å². The van der Waals surface area contributed by atoms with Crippen LogP contribution in [0.4, 0.5) is 4.79 Å². The molecule has 114 valence electrons. The molecule has 0 unspecified atom stereocenters. The highest BCUT2D eigenvalue weighted by atomic mass is 16.2. The lowest BCUT2D eigenvalue weighted by Crippen LogP contribution is -2.37. The number of carbonyl (C=O) groups is 2. The SMILES string of the molecule is Cn1nc2c(c1C(=O)NCCN1CCNC1=O)CCCC2. The van der Waals surface area contributed by atoms with Crippen molar-refractivity contribution >= 4 is 11.9 Å². The molecule has 2 N–H and O–H groups in total. The molecule has 1 fully saturated rings. The van der Waals surface area contributed by atoms with E-state index in [1.165, 1.54) is 0 Å². The van der Waals surface area contributed by atoms with Crippen LogP contribution >= 0.6 is 0 Å². The molecule has 0 atom stereocenters. The van der Waals surface area contributed by atoms with E-state index >= 15 is 0 Å². The van der Waals surface area contributed by atoms with E-state index in [2.05, 4.69) is 15.7 Å². The summed E-state index contributed by atoms with van der Waals surface area (Å²) in [6.07, 6.45) is 4.16. The van der Waals surface area contributed by atoms with E-state index < -0.39 is 0 Å². The lowest BCUT2D eigenvalue weighted by Gasteiger charge is -2.15. The zero-order chi connectivity index (χ0) is 14.8. The quantitative estimate of drug-likeness (QED) is 0.823. The predicted molar refractivity (Wildman–Crippen MR) is 77.2 cm³/mol. The van der Waals surface area contributed by atoms with Crippen molar-refractivity contribution in [2.45, 2.75) is 25.7 Å². The second-order valence-corrected chi connectivity index (χ2v) is 5.58. The number of urea groups is 1. The number of fused-ring (bicyclic) bond motifs is 1. The number of carbonyl (C=O) groups excluding carboxylic acids is 2. The number of hydrogen-bond donors (Lipinski definition) is 2. The molecule has 1 aliphatic carbocycles. The van der Waals surface area contributed by atoms with Gasteiger partial charge in [0.25, 0.3) is 5.91 Å². The third kappa shape index (κ3) is 2.72.